The number of anilines is 1. The molecule has 110 valence electrons. The number of benzene rings is 1. The van der Waals surface area contributed by atoms with Crippen molar-refractivity contribution in [3.63, 3.8) is 0 Å². The second-order valence-electron chi connectivity index (χ2n) is 5.36. The van der Waals surface area contributed by atoms with Crippen molar-refractivity contribution in [1.29, 1.82) is 0 Å². The van der Waals surface area contributed by atoms with Crippen LogP contribution in [0.5, 0.6) is 0 Å². The van der Waals surface area contributed by atoms with Crippen molar-refractivity contribution in [3.05, 3.63) is 28.7 Å². The fraction of sp³-hybridized carbons (Fsp3) is 0.429. The molecule has 1 atom stereocenters. The summed E-state index contributed by atoms with van der Waals surface area (Å²) in [5.41, 5.74) is 0.0717. The summed E-state index contributed by atoms with van der Waals surface area (Å²) in [6.45, 7) is 6.88. The Labute approximate surface area is 127 Å². The lowest BCUT2D eigenvalue weighted by Gasteiger charge is -2.21. The third kappa shape index (κ3) is 6.06. The van der Waals surface area contributed by atoms with E-state index in [1.165, 1.54) is 0 Å². The highest BCUT2D eigenvalue weighted by Gasteiger charge is 2.20. The largest absolute Gasteiger partial charge is 0.444 e. The maximum absolute atomic E-state index is 11.9. The zero-order valence-electron chi connectivity index (χ0n) is 12.0. The van der Waals surface area contributed by atoms with Crippen molar-refractivity contribution < 1.29 is 14.3 Å². The molecule has 0 saturated carbocycles. The van der Waals surface area contributed by atoms with Gasteiger partial charge in [-0.2, -0.15) is 0 Å². The topological polar surface area (TPSA) is 67.4 Å². The van der Waals surface area contributed by atoms with Crippen molar-refractivity contribution in [1.82, 2.24) is 5.32 Å². The first kappa shape index (κ1) is 16.5. The smallest absolute Gasteiger partial charge is 0.408 e. The highest BCUT2D eigenvalue weighted by Crippen LogP contribution is 2.14. The van der Waals surface area contributed by atoms with Crippen LogP contribution >= 0.6 is 15.9 Å². The molecular weight excluding hydrogens is 324 g/mol. The summed E-state index contributed by atoms with van der Waals surface area (Å²) in [6, 6.07) is 6.49. The number of alkyl carbamates (subject to hydrolysis) is 1. The first-order chi connectivity index (χ1) is 9.17. The van der Waals surface area contributed by atoms with E-state index in [2.05, 4.69) is 26.6 Å². The Morgan fingerprint density at radius 2 is 1.75 bits per heavy atom. The molecule has 1 aromatic rings. The molecular formula is C14H19BrN2O3. The van der Waals surface area contributed by atoms with Crippen LogP contribution in [-0.4, -0.2) is 23.6 Å². The van der Waals surface area contributed by atoms with Crippen LogP contribution in [0, 0.1) is 0 Å². The predicted molar refractivity (Wildman–Crippen MR) is 81.6 cm³/mol. The van der Waals surface area contributed by atoms with Gasteiger partial charge in [-0.15, -0.1) is 0 Å². The molecule has 0 aromatic heterocycles. The van der Waals surface area contributed by atoms with Crippen molar-refractivity contribution in [2.24, 2.45) is 0 Å². The lowest BCUT2D eigenvalue weighted by Crippen LogP contribution is -2.43. The molecule has 1 aromatic carbocycles. The number of nitrogens with one attached hydrogen (secondary N) is 2. The van der Waals surface area contributed by atoms with E-state index in [9.17, 15) is 9.59 Å². The van der Waals surface area contributed by atoms with Gasteiger partial charge in [-0.3, -0.25) is 4.79 Å². The van der Waals surface area contributed by atoms with Gasteiger partial charge in [-0.1, -0.05) is 15.9 Å². The minimum atomic E-state index is -0.687. The summed E-state index contributed by atoms with van der Waals surface area (Å²) in [5, 5.41) is 5.19. The van der Waals surface area contributed by atoms with Crippen LogP contribution < -0.4 is 10.6 Å². The third-order valence-corrected chi connectivity index (χ3v) is 2.77. The number of carbonyl (C=O) groups excluding carboxylic acids is 2. The second kappa shape index (κ2) is 6.74. The van der Waals surface area contributed by atoms with Gasteiger partial charge in [0.25, 0.3) is 0 Å². The molecule has 0 heterocycles. The summed E-state index contributed by atoms with van der Waals surface area (Å²) in [5.74, 6) is -0.307. The molecule has 0 radical (unpaired) electrons. The van der Waals surface area contributed by atoms with E-state index in [4.69, 9.17) is 4.74 Å². The monoisotopic (exact) mass is 342 g/mol. The fourth-order valence-corrected chi connectivity index (χ4v) is 1.60. The molecule has 1 rings (SSSR count). The van der Waals surface area contributed by atoms with E-state index in [1.54, 1.807) is 39.8 Å². The van der Waals surface area contributed by atoms with E-state index >= 15 is 0 Å². The number of carbonyl (C=O) groups is 2. The molecule has 0 aliphatic rings. The van der Waals surface area contributed by atoms with Crippen LogP contribution in [0.15, 0.2) is 28.7 Å². The van der Waals surface area contributed by atoms with Crippen LogP contribution in [0.3, 0.4) is 0 Å². The van der Waals surface area contributed by atoms with Crippen LogP contribution in [0.1, 0.15) is 27.7 Å². The predicted octanol–water partition coefficient (Wildman–Crippen LogP) is 3.30. The quantitative estimate of drug-likeness (QED) is 0.885. The van der Waals surface area contributed by atoms with E-state index in [0.29, 0.717) is 5.69 Å². The van der Waals surface area contributed by atoms with Gasteiger partial charge in [0, 0.05) is 10.2 Å². The Morgan fingerprint density at radius 3 is 2.25 bits per heavy atom. The SMILES string of the molecule is CC(NC(=O)OC(C)(C)C)C(=O)Nc1ccc(Br)cc1. The Kier molecular flexibility index (Phi) is 5.56. The molecule has 0 aliphatic heterocycles. The van der Waals surface area contributed by atoms with Crippen molar-refractivity contribution in [2.45, 2.75) is 39.3 Å². The third-order valence-electron chi connectivity index (χ3n) is 2.24. The summed E-state index contributed by atoms with van der Waals surface area (Å²) in [4.78, 5) is 23.5. The minimum absolute atomic E-state index is 0.307. The highest BCUT2D eigenvalue weighted by molar-refractivity contribution is 9.10. The number of halogens is 1. The fourth-order valence-electron chi connectivity index (χ4n) is 1.33. The molecule has 0 saturated heterocycles. The molecule has 0 fully saturated rings. The minimum Gasteiger partial charge on any atom is -0.444 e. The standard InChI is InChI=1S/C14H19BrN2O3/c1-9(16-13(19)20-14(2,3)4)12(18)17-11-7-5-10(15)6-8-11/h5-9H,1-4H3,(H,16,19)(H,17,18). The normalized spacial score (nSPS) is 12.4. The van der Waals surface area contributed by atoms with Crippen LogP contribution in [0.4, 0.5) is 10.5 Å². The summed E-state index contributed by atoms with van der Waals surface area (Å²) in [7, 11) is 0. The van der Waals surface area contributed by atoms with Gasteiger partial charge in [0.15, 0.2) is 0 Å². The Balaban J connectivity index is 2.51. The molecule has 2 N–H and O–H groups in total. The first-order valence-electron chi connectivity index (χ1n) is 6.23. The van der Waals surface area contributed by atoms with Crippen LogP contribution in [0.2, 0.25) is 0 Å². The number of hydrogen-bond donors (Lipinski definition) is 2. The number of rotatable bonds is 3. The molecule has 0 bridgehead atoms. The molecule has 0 aliphatic carbocycles. The number of hydrogen-bond acceptors (Lipinski definition) is 3. The van der Waals surface area contributed by atoms with Crippen LogP contribution in [0.25, 0.3) is 0 Å². The van der Waals surface area contributed by atoms with Gasteiger partial charge < -0.3 is 15.4 Å². The number of amides is 2. The van der Waals surface area contributed by atoms with Gasteiger partial charge >= 0.3 is 6.09 Å². The Bertz CT molecular complexity index is 480. The van der Waals surface area contributed by atoms with Gasteiger partial charge in [0.1, 0.15) is 11.6 Å². The van der Waals surface area contributed by atoms with Gasteiger partial charge in [0.05, 0.1) is 0 Å². The highest BCUT2D eigenvalue weighted by atomic mass is 79.9. The zero-order valence-corrected chi connectivity index (χ0v) is 13.6. The van der Waals surface area contributed by atoms with E-state index in [-0.39, 0.29) is 5.91 Å². The molecule has 2 amide bonds. The summed E-state index contributed by atoms with van der Waals surface area (Å²) < 4.78 is 6.01. The maximum atomic E-state index is 11.9. The molecule has 1 unspecified atom stereocenters. The van der Waals surface area contributed by atoms with Crippen molar-refractivity contribution in [2.75, 3.05) is 5.32 Å². The first-order valence-corrected chi connectivity index (χ1v) is 7.02. The molecule has 5 nitrogen and oxygen atoms in total. The molecule has 0 spiro atoms. The number of ether oxygens (including phenoxy) is 1. The van der Waals surface area contributed by atoms with Gasteiger partial charge in [-0.25, -0.2) is 4.79 Å². The second-order valence-corrected chi connectivity index (χ2v) is 6.28. The van der Waals surface area contributed by atoms with E-state index in [0.717, 1.165) is 4.47 Å². The van der Waals surface area contributed by atoms with Gasteiger partial charge in [0.2, 0.25) is 5.91 Å². The zero-order chi connectivity index (χ0) is 15.3. The maximum Gasteiger partial charge on any atom is 0.408 e. The average molecular weight is 343 g/mol. The van der Waals surface area contributed by atoms with E-state index in [1.807, 2.05) is 12.1 Å². The van der Waals surface area contributed by atoms with Crippen molar-refractivity contribution >= 4 is 33.6 Å². The Hall–Kier alpha value is -1.56. The molecule has 6 heteroatoms. The van der Waals surface area contributed by atoms with Gasteiger partial charge in [-0.05, 0) is 52.0 Å². The average Bonchev–Trinajstić information content (AvgIpc) is 2.29. The van der Waals surface area contributed by atoms with Crippen LogP contribution in [-0.2, 0) is 9.53 Å². The summed E-state index contributed by atoms with van der Waals surface area (Å²) >= 11 is 3.31. The lowest BCUT2D eigenvalue weighted by atomic mass is 10.2. The lowest BCUT2D eigenvalue weighted by molar-refractivity contribution is -0.117. The van der Waals surface area contributed by atoms with E-state index < -0.39 is 17.7 Å². The summed E-state index contributed by atoms with van der Waals surface area (Å²) in [6.07, 6.45) is -0.615. The Morgan fingerprint density at radius 1 is 1.20 bits per heavy atom. The molecule has 20 heavy (non-hydrogen) atoms. The van der Waals surface area contributed by atoms with Crippen molar-refractivity contribution in [3.8, 4) is 0 Å².